The monoisotopic (exact) mass is 389 g/mol. The summed E-state index contributed by atoms with van der Waals surface area (Å²) in [4.78, 5) is 11.2. The highest BCUT2D eigenvalue weighted by Gasteiger charge is 2.30. The van der Waals surface area contributed by atoms with Crippen LogP contribution in [-0.2, 0) is 16.3 Å². The van der Waals surface area contributed by atoms with Gasteiger partial charge in [-0.1, -0.05) is 29.8 Å². The molecule has 3 N–H and O–H groups in total. The molecule has 0 saturated carbocycles. The molecular weight excluding hydrogens is 371 g/mol. The topological polar surface area (TPSA) is 97.5 Å². The minimum absolute atomic E-state index is 0.0666. The van der Waals surface area contributed by atoms with Crippen LogP contribution >= 0.6 is 0 Å². The third kappa shape index (κ3) is 6.58. The molecule has 0 aromatic heterocycles. The van der Waals surface area contributed by atoms with E-state index in [1.807, 2.05) is 6.92 Å². The molecule has 5 nitrogen and oxygen atoms in total. The van der Waals surface area contributed by atoms with Crippen molar-refractivity contribution in [1.29, 1.82) is 0 Å². The SMILES string of the molecule is CC(N)C(=O)c1ccc(C(F)(F)F)cc1.Cc1ccc(S(=O)(=O)O)cc1. The molecule has 2 aromatic carbocycles. The molecule has 0 aliphatic rings. The molecule has 0 aliphatic heterocycles. The van der Waals surface area contributed by atoms with Crippen LogP contribution in [0.25, 0.3) is 0 Å². The standard InChI is InChI=1S/C10H10F3NO.C7H8O3S/c1-6(14)9(15)7-2-4-8(5-3-7)10(11,12)13;1-6-2-4-7(5-3-6)11(8,9)10/h2-6H,14H2,1H3;2-5H,1H3,(H,8,9,10). The third-order valence-corrected chi connectivity index (χ3v) is 4.10. The fraction of sp³-hybridized carbons (Fsp3) is 0.235. The van der Waals surface area contributed by atoms with Gasteiger partial charge in [0, 0.05) is 5.56 Å². The van der Waals surface area contributed by atoms with E-state index in [1.165, 1.54) is 19.1 Å². The summed E-state index contributed by atoms with van der Waals surface area (Å²) in [5.41, 5.74) is 5.69. The van der Waals surface area contributed by atoms with Crippen LogP contribution in [0.4, 0.5) is 13.2 Å². The van der Waals surface area contributed by atoms with Gasteiger partial charge >= 0.3 is 6.18 Å². The highest BCUT2D eigenvalue weighted by molar-refractivity contribution is 7.85. The van der Waals surface area contributed by atoms with Crippen molar-refractivity contribution in [2.75, 3.05) is 0 Å². The lowest BCUT2D eigenvalue weighted by molar-refractivity contribution is -0.137. The molecule has 1 unspecified atom stereocenters. The number of halogens is 3. The van der Waals surface area contributed by atoms with Crippen molar-refractivity contribution in [3.8, 4) is 0 Å². The molecule has 2 aromatic rings. The summed E-state index contributed by atoms with van der Waals surface area (Å²) in [5, 5.41) is 0. The van der Waals surface area contributed by atoms with Crippen molar-refractivity contribution >= 4 is 15.9 Å². The van der Waals surface area contributed by atoms with Gasteiger partial charge in [-0.05, 0) is 38.1 Å². The lowest BCUT2D eigenvalue weighted by Crippen LogP contribution is -2.26. The third-order valence-electron chi connectivity index (χ3n) is 3.23. The van der Waals surface area contributed by atoms with Crippen LogP contribution in [0.15, 0.2) is 53.4 Å². The molecule has 2 rings (SSSR count). The first kappa shape index (κ1) is 21.8. The van der Waals surface area contributed by atoms with Gasteiger partial charge in [-0.3, -0.25) is 9.35 Å². The summed E-state index contributed by atoms with van der Waals surface area (Å²) in [6.45, 7) is 3.33. The van der Waals surface area contributed by atoms with Crippen molar-refractivity contribution in [3.63, 3.8) is 0 Å². The second kappa shape index (κ2) is 8.43. The van der Waals surface area contributed by atoms with Gasteiger partial charge in [-0.15, -0.1) is 0 Å². The number of hydrogen-bond donors (Lipinski definition) is 2. The van der Waals surface area contributed by atoms with E-state index in [1.54, 1.807) is 12.1 Å². The second-order valence-electron chi connectivity index (χ2n) is 5.52. The molecule has 26 heavy (non-hydrogen) atoms. The van der Waals surface area contributed by atoms with Crippen LogP contribution in [0.2, 0.25) is 0 Å². The molecule has 0 spiro atoms. The summed E-state index contributed by atoms with van der Waals surface area (Å²) in [7, 11) is -4.02. The summed E-state index contributed by atoms with van der Waals surface area (Å²) in [6.07, 6.45) is -4.38. The predicted octanol–water partition coefficient (Wildman–Crippen LogP) is 3.48. The van der Waals surface area contributed by atoms with Gasteiger partial charge in [-0.2, -0.15) is 21.6 Å². The van der Waals surface area contributed by atoms with Gasteiger partial charge in [0.1, 0.15) is 0 Å². The van der Waals surface area contributed by atoms with E-state index in [4.69, 9.17) is 10.3 Å². The zero-order valence-corrected chi connectivity index (χ0v) is 14.8. The van der Waals surface area contributed by atoms with Gasteiger partial charge < -0.3 is 5.73 Å². The number of benzene rings is 2. The fourth-order valence-corrected chi connectivity index (χ4v) is 2.28. The number of nitrogens with two attached hydrogens (primary N) is 1. The summed E-state index contributed by atoms with van der Waals surface area (Å²) < 4.78 is 66.1. The normalized spacial score (nSPS) is 12.7. The van der Waals surface area contributed by atoms with Crippen LogP contribution in [0.5, 0.6) is 0 Å². The molecule has 0 radical (unpaired) electrons. The number of carbonyl (C=O) groups excluding carboxylic acids is 1. The second-order valence-corrected chi connectivity index (χ2v) is 6.94. The van der Waals surface area contributed by atoms with Crippen LogP contribution in [-0.4, -0.2) is 24.8 Å². The molecule has 1 atom stereocenters. The van der Waals surface area contributed by atoms with Crippen molar-refractivity contribution in [1.82, 2.24) is 0 Å². The number of alkyl halides is 3. The minimum atomic E-state index is -4.38. The minimum Gasteiger partial charge on any atom is -0.321 e. The van der Waals surface area contributed by atoms with Gasteiger partial charge in [0.05, 0.1) is 16.5 Å². The molecule has 0 saturated heterocycles. The average molecular weight is 389 g/mol. The van der Waals surface area contributed by atoms with Crippen LogP contribution in [0, 0.1) is 6.92 Å². The first-order valence-electron chi connectivity index (χ1n) is 7.33. The Balaban J connectivity index is 0.000000273. The quantitative estimate of drug-likeness (QED) is 0.619. The number of ketones is 1. The highest BCUT2D eigenvalue weighted by Crippen LogP contribution is 2.29. The van der Waals surface area contributed by atoms with Gasteiger partial charge in [0.25, 0.3) is 10.1 Å². The Morgan fingerprint density at radius 1 is 1.04 bits per heavy atom. The van der Waals surface area contributed by atoms with E-state index in [0.29, 0.717) is 0 Å². The molecule has 0 fully saturated rings. The average Bonchev–Trinajstić information content (AvgIpc) is 2.53. The Morgan fingerprint density at radius 3 is 1.85 bits per heavy atom. The van der Waals surface area contributed by atoms with Gasteiger partial charge in [0.15, 0.2) is 5.78 Å². The van der Waals surface area contributed by atoms with Gasteiger partial charge in [-0.25, -0.2) is 0 Å². The molecular formula is C17H18F3NO4S. The maximum absolute atomic E-state index is 12.2. The van der Waals surface area contributed by atoms with E-state index in [0.717, 1.165) is 29.8 Å². The molecule has 9 heteroatoms. The lowest BCUT2D eigenvalue weighted by atomic mass is 10.0. The molecule has 142 valence electrons. The number of rotatable bonds is 3. The van der Waals surface area contributed by atoms with Crippen molar-refractivity contribution in [2.24, 2.45) is 5.73 Å². The van der Waals surface area contributed by atoms with Crippen molar-refractivity contribution in [2.45, 2.75) is 31.0 Å². The zero-order valence-electron chi connectivity index (χ0n) is 14.0. The summed E-state index contributed by atoms with van der Waals surface area (Å²) >= 11 is 0. The fourth-order valence-electron chi connectivity index (χ4n) is 1.80. The summed E-state index contributed by atoms with van der Waals surface area (Å²) in [5.74, 6) is -0.372. The Kier molecular flexibility index (Phi) is 7.08. The number of aryl methyl sites for hydroxylation is 1. The number of Topliss-reactive ketones (excluding diaryl/α,β-unsaturated/α-hetero) is 1. The Morgan fingerprint density at radius 2 is 1.50 bits per heavy atom. The maximum Gasteiger partial charge on any atom is 0.416 e. The Bertz CT molecular complexity index is 843. The maximum atomic E-state index is 12.2. The van der Waals surface area contributed by atoms with E-state index >= 15 is 0 Å². The zero-order chi connectivity index (χ0) is 20.1. The van der Waals surface area contributed by atoms with Crippen molar-refractivity contribution < 1.29 is 30.9 Å². The predicted molar refractivity (Wildman–Crippen MR) is 90.4 cm³/mol. The smallest absolute Gasteiger partial charge is 0.321 e. The first-order chi connectivity index (χ1) is 11.8. The number of carbonyl (C=O) groups is 1. The van der Waals surface area contributed by atoms with Gasteiger partial charge in [0.2, 0.25) is 0 Å². The molecule has 0 aliphatic carbocycles. The molecule has 0 amide bonds. The lowest BCUT2D eigenvalue weighted by Gasteiger charge is -2.08. The van der Waals surface area contributed by atoms with Crippen molar-refractivity contribution in [3.05, 3.63) is 65.2 Å². The van der Waals surface area contributed by atoms with E-state index in [9.17, 15) is 26.4 Å². The van der Waals surface area contributed by atoms with E-state index in [2.05, 4.69) is 0 Å². The first-order valence-corrected chi connectivity index (χ1v) is 8.77. The van der Waals surface area contributed by atoms with E-state index in [-0.39, 0.29) is 16.2 Å². The Hall–Kier alpha value is -2.23. The Labute approximate surface area is 149 Å². The van der Waals surface area contributed by atoms with E-state index < -0.39 is 27.9 Å². The number of hydrogen-bond acceptors (Lipinski definition) is 4. The molecule has 0 bridgehead atoms. The largest absolute Gasteiger partial charge is 0.416 e. The van der Waals surface area contributed by atoms with Crippen LogP contribution in [0.1, 0.15) is 28.4 Å². The molecule has 0 heterocycles. The highest BCUT2D eigenvalue weighted by atomic mass is 32.2. The van der Waals surface area contributed by atoms with Crippen LogP contribution in [0.3, 0.4) is 0 Å². The van der Waals surface area contributed by atoms with Crippen LogP contribution < -0.4 is 5.73 Å². The summed E-state index contributed by atoms with van der Waals surface area (Å²) in [6, 6.07) is 9.29.